The minimum Gasteiger partial charge on any atom is -0.478 e. The van der Waals surface area contributed by atoms with Crippen LogP contribution >= 0.6 is 0 Å². The Balaban J connectivity index is 2.48. The molecule has 0 saturated heterocycles. The number of aromatic nitrogens is 1. The fourth-order valence-corrected chi connectivity index (χ4v) is 1.77. The maximum atomic E-state index is 11.2. The van der Waals surface area contributed by atoms with Gasteiger partial charge in [-0.1, -0.05) is 12.1 Å². The number of carbonyl (C=O) groups excluding carboxylic acids is 1. The molecule has 0 radical (unpaired) electrons. The van der Waals surface area contributed by atoms with Crippen LogP contribution in [0.2, 0.25) is 0 Å². The molecule has 0 aliphatic heterocycles. The van der Waals surface area contributed by atoms with Gasteiger partial charge in [-0.3, -0.25) is 4.79 Å². The van der Waals surface area contributed by atoms with Gasteiger partial charge in [0, 0.05) is 11.6 Å². The van der Waals surface area contributed by atoms with Gasteiger partial charge in [-0.25, -0.2) is 9.78 Å². The summed E-state index contributed by atoms with van der Waals surface area (Å²) < 4.78 is 4.52. The minimum atomic E-state index is -1.04. The van der Waals surface area contributed by atoms with E-state index in [1.807, 2.05) is 0 Å². The second-order valence-electron chi connectivity index (χ2n) is 3.80. The number of rotatable bonds is 4. The lowest BCUT2D eigenvalue weighted by molar-refractivity contribution is -0.138. The Morgan fingerprint density at radius 3 is 2.84 bits per heavy atom. The van der Waals surface area contributed by atoms with Crippen LogP contribution in [0.5, 0.6) is 0 Å². The van der Waals surface area contributed by atoms with Gasteiger partial charge < -0.3 is 15.2 Å². The lowest BCUT2D eigenvalue weighted by Gasteiger charge is -2.09. The van der Waals surface area contributed by atoms with E-state index >= 15 is 0 Å². The number of benzene rings is 1. The molecule has 0 aliphatic carbocycles. The molecule has 0 aliphatic rings. The largest absolute Gasteiger partial charge is 0.478 e. The first kappa shape index (κ1) is 12.8. The van der Waals surface area contributed by atoms with E-state index in [1.165, 1.54) is 13.2 Å². The minimum absolute atomic E-state index is 0.0729. The first-order valence-corrected chi connectivity index (χ1v) is 5.55. The Bertz CT molecular complexity index is 634. The van der Waals surface area contributed by atoms with Gasteiger partial charge in [-0.2, -0.15) is 0 Å². The molecule has 0 fully saturated rings. The summed E-state index contributed by atoms with van der Waals surface area (Å²) in [5, 5.41) is 13.2. The molecule has 0 saturated carbocycles. The monoisotopic (exact) mass is 260 g/mol. The predicted molar refractivity (Wildman–Crippen MR) is 69.2 cm³/mol. The van der Waals surface area contributed by atoms with Crippen molar-refractivity contribution in [3.63, 3.8) is 0 Å². The van der Waals surface area contributed by atoms with E-state index < -0.39 is 11.9 Å². The average molecular weight is 260 g/mol. The number of hydrogen-bond acceptors (Lipinski definition) is 5. The summed E-state index contributed by atoms with van der Waals surface area (Å²) in [6.07, 6.45) is 1.55. The van der Waals surface area contributed by atoms with E-state index in [-0.39, 0.29) is 12.1 Å². The van der Waals surface area contributed by atoms with Crippen LogP contribution in [-0.4, -0.2) is 35.7 Å². The van der Waals surface area contributed by atoms with Crippen LogP contribution in [0.3, 0.4) is 0 Å². The molecular formula is C13H12N2O4. The summed E-state index contributed by atoms with van der Waals surface area (Å²) in [5.41, 5.74) is 0.137. The number of hydrogen-bond donors (Lipinski definition) is 2. The van der Waals surface area contributed by atoms with Crippen LogP contribution in [0.25, 0.3) is 10.8 Å². The summed E-state index contributed by atoms with van der Waals surface area (Å²) in [5.74, 6) is -1.15. The molecule has 0 bridgehead atoms. The molecule has 0 unspecified atom stereocenters. The summed E-state index contributed by atoms with van der Waals surface area (Å²) in [4.78, 5) is 26.4. The van der Waals surface area contributed by atoms with Crippen molar-refractivity contribution in [2.75, 3.05) is 19.0 Å². The van der Waals surface area contributed by atoms with Crippen LogP contribution < -0.4 is 5.32 Å². The van der Waals surface area contributed by atoms with Crippen molar-refractivity contribution in [1.29, 1.82) is 0 Å². The van der Waals surface area contributed by atoms with E-state index in [0.717, 1.165) is 5.39 Å². The number of methoxy groups -OCH3 is 1. The SMILES string of the molecule is COC(=O)CNc1nccc2cccc(C(=O)O)c12. The zero-order valence-corrected chi connectivity index (χ0v) is 10.2. The van der Waals surface area contributed by atoms with Gasteiger partial charge in [0.1, 0.15) is 12.4 Å². The molecule has 2 N–H and O–H groups in total. The molecule has 2 aromatic rings. The van der Waals surface area contributed by atoms with Crippen LogP contribution in [0, 0.1) is 0 Å². The number of esters is 1. The molecule has 6 nitrogen and oxygen atoms in total. The van der Waals surface area contributed by atoms with Crippen LogP contribution in [0.4, 0.5) is 5.82 Å². The third-order valence-corrected chi connectivity index (χ3v) is 2.65. The van der Waals surface area contributed by atoms with Crippen molar-refractivity contribution < 1.29 is 19.4 Å². The molecule has 0 atom stereocenters. The first-order chi connectivity index (χ1) is 9.13. The highest BCUT2D eigenvalue weighted by molar-refractivity contribution is 6.08. The fraction of sp³-hybridized carbons (Fsp3) is 0.154. The van der Waals surface area contributed by atoms with Crippen molar-refractivity contribution in [3.8, 4) is 0 Å². The van der Waals surface area contributed by atoms with Crippen molar-refractivity contribution in [1.82, 2.24) is 4.98 Å². The molecule has 0 spiro atoms. The smallest absolute Gasteiger partial charge is 0.336 e. The second-order valence-corrected chi connectivity index (χ2v) is 3.80. The predicted octanol–water partition coefficient (Wildman–Crippen LogP) is 1.52. The summed E-state index contributed by atoms with van der Waals surface area (Å²) in [6.45, 7) is -0.0729. The number of anilines is 1. The van der Waals surface area contributed by atoms with E-state index in [4.69, 9.17) is 0 Å². The number of aromatic carboxylic acids is 1. The summed E-state index contributed by atoms with van der Waals surface area (Å²) in [7, 11) is 1.28. The Labute approximate surface area is 109 Å². The molecule has 0 amide bonds. The Kier molecular flexibility index (Phi) is 3.61. The average Bonchev–Trinajstić information content (AvgIpc) is 2.43. The molecule has 1 heterocycles. The topological polar surface area (TPSA) is 88.5 Å². The molecule has 98 valence electrons. The van der Waals surface area contributed by atoms with Crippen LogP contribution in [0.1, 0.15) is 10.4 Å². The number of nitrogens with zero attached hydrogens (tertiary/aromatic N) is 1. The Hall–Kier alpha value is -2.63. The van der Waals surface area contributed by atoms with E-state index in [1.54, 1.807) is 24.4 Å². The normalized spacial score (nSPS) is 10.2. The highest BCUT2D eigenvalue weighted by Gasteiger charge is 2.13. The fourth-order valence-electron chi connectivity index (χ4n) is 1.77. The summed E-state index contributed by atoms with van der Waals surface area (Å²) in [6, 6.07) is 6.66. The number of carboxylic acids is 1. The number of carbonyl (C=O) groups is 2. The van der Waals surface area contributed by atoms with Crippen molar-refractivity contribution in [2.24, 2.45) is 0 Å². The van der Waals surface area contributed by atoms with Crippen LogP contribution in [0.15, 0.2) is 30.5 Å². The van der Waals surface area contributed by atoms with Crippen molar-refractivity contribution >= 4 is 28.5 Å². The quantitative estimate of drug-likeness (QED) is 0.810. The standard InChI is InChI=1S/C13H12N2O4/c1-19-10(16)7-15-12-11-8(5-6-14-12)3-2-4-9(11)13(17)18/h2-6H,7H2,1H3,(H,14,15)(H,17,18). The zero-order chi connectivity index (χ0) is 13.8. The lowest BCUT2D eigenvalue weighted by atomic mass is 10.1. The van der Waals surface area contributed by atoms with Gasteiger partial charge in [0.2, 0.25) is 0 Å². The molecule has 1 aromatic heterocycles. The second kappa shape index (κ2) is 5.34. The van der Waals surface area contributed by atoms with E-state index in [2.05, 4.69) is 15.0 Å². The van der Waals surface area contributed by atoms with Crippen LogP contribution in [-0.2, 0) is 9.53 Å². The Morgan fingerprint density at radius 1 is 1.37 bits per heavy atom. The number of ether oxygens (including phenoxy) is 1. The van der Waals surface area contributed by atoms with Gasteiger partial charge in [-0.05, 0) is 17.5 Å². The summed E-state index contributed by atoms with van der Waals surface area (Å²) >= 11 is 0. The highest BCUT2D eigenvalue weighted by atomic mass is 16.5. The van der Waals surface area contributed by atoms with E-state index in [9.17, 15) is 14.7 Å². The van der Waals surface area contributed by atoms with Crippen molar-refractivity contribution in [3.05, 3.63) is 36.0 Å². The molecule has 6 heteroatoms. The van der Waals surface area contributed by atoms with Gasteiger partial charge in [0.15, 0.2) is 0 Å². The third-order valence-electron chi connectivity index (χ3n) is 2.65. The molecule has 2 rings (SSSR count). The van der Waals surface area contributed by atoms with Gasteiger partial charge >= 0.3 is 11.9 Å². The Morgan fingerprint density at radius 2 is 2.16 bits per heavy atom. The lowest BCUT2D eigenvalue weighted by Crippen LogP contribution is -2.16. The van der Waals surface area contributed by atoms with E-state index in [0.29, 0.717) is 11.2 Å². The van der Waals surface area contributed by atoms with Gasteiger partial charge in [0.25, 0.3) is 0 Å². The van der Waals surface area contributed by atoms with Gasteiger partial charge in [-0.15, -0.1) is 0 Å². The number of pyridine rings is 1. The molecule has 1 aromatic carbocycles. The first-order valence-electron chi connectivity index (χ1n) is 5.55. The van der Waals surface area contributed by atoms with Gasteiger partial charge in [0.05, 0.1) is 12.7 Å². The zero-order valence-electron chi connectivity index (χ0n) is 10.2. The molecule has 19 heavy (non-hydrogen) atoms. The maximum Gasteiger partial charge on any atom is 0.336 e. The maximum absolute atomic E-state index is 11.2. The number of fused-ring (bicyclic) bond motifs is 1. The number of nitrogens with one attached hydrogen (secondary N) is 1. The number of carboxylic acid groups (broad SMARTS) is 1. The van der Waals surface area contributed by atoms with Crippen molar-refractivity contribution in [2.45, 2.75) is 0 Å². The molecular weight excluding hydrogens is 248 g/mol. The third kappa shape index (κ3) is 2.62. The highest BCUT2D eigenvalue weighted by Crippen LogP contribution is 2.25.